The number of aliphatic hydroxyl groups excluding tert-OH is 1. The normalized spacial score (nSPS) is 41.5. The van der Waals surface area contributed by atoms with Crippen molar-refractivity contribution in [2.24, 2.45) is 5.92 Å². The predicted molar refractivity (Wildman–Crippen MR) is 71.2 cm³/mol. The third-order valence-electron chi connectivity index (χ3n) is 4.28. The number of rotatable bonds is 1. The van der Waals surface area contributed by atoms with E-state index in [1.807, 2.05) is 0 Å². The van der Waals surface area contributed by atoms with Crippen LogP contribution >= 0.6 is 0 Å². The molecule has 3 N–H and O–H groups in total. The van der Waals surface area contributed by atoms with Crippen LogP contribution in [0.15, 0.2) is 29.8 Å². The molecule has 0 unspecified atom stereocenters. The van der Waals surface area contributed by atoms with Crippen LogP contribution < -0.4 is 0 Å². The number of esters is 1. The summed E-state index contributed by atoms with van der Waals surface area (Å²) >= 11 is 0. The zero-order valence-corrected chi connectivity index (χ0v) is 11.4. The molecule has 0 aromatic heterocycles. The zero-order valence-electron chi connectivity index (χ0n) is 11.4. The number of phenolic OH excluding ortho intramolecular Hbond substituents is 1. The summed E-state index contributed by atoms with van der Waals surface area (Å²) in [6.07, 6.45) is -1.27. The summed E-state index contributed by atoms with van der Waals surface area (Å²) in [4.78, 5) is 12.1. The number of aliphatic hydroxyl groups is 2. The Morgan fingerprint density at radius 3 is 2.73 bits per heavy atom. The van der Waals surface area contributed by atoms with E-state index in [0.29, 0.717) is 5.56 Å². The molecule has 3 saturated heterocycles. The van der Waals surface area contributed by atoms with Gasteiger partial charge in [0.2, 0.25) is 12.1 Å². The van der Waals surface area contributed by atoms with Gasteiger partial charge < -0.3 is 29.5 Å². The van der Waals surface area contributed by atoms with Gasteiger partial charge >= 0.3 is 5.97 Å². The van der Waals surface area contributed by atoms with Gasteiger partial charge in [-0.25, -0.2) is 4.79 Å². The van der Waals surface area contributed by atoms with Crippen LogP contribution in [-0.2, 0) is 19.0 Å². The Kier molecular flexibility index (Phi) is 2.82. The quantitative estimate of drug-likeness (QED) is 0.485. The van der Waals surface area contributed by atoms with Crippen LogP contribution in [0.1, 0.15) is 5.56 Å². The van der Waals surface area contributed by atoms with Crippen molar-refractivity contribution in [1.82, 2.24) is 0 Å². The van der Waals surface area contributed by atoms with Crippen molar-refractivity contribution in [2.75, 3.05) is 6.61 Å². The maximum atomic E-state index is 12.1. The Labute approximate surface area is 125 Å². The molecule has 0 spiro atoms. The minimum absolute atomic E-state index is 0.0460. The third-order valence-corrected chi connectivity index (χ3v) is 4.28. The highest BCUT2D eigenvalue weighted by Gasteiger charge is 2.68. The molecule has 3 aliphatic rings. The van der Waals surface area contributed by atoms with Crippen LogP contribution in [0.25, 0.3) is 6.08 Å². The van der Waals surface area contributed by atoms with Crippen LogP contribution in [0.4, 0.5) is 0 Å². The second-order valence-electron chi connectivity index (χ2n) is 5.63. The number of fused-ring (bicyclic) bond motifs is 5. The SMILES string of the molecule is O=C1O[C@H]2[C@@H](C1=Cc1ccc(O)cc1)[C@@]1(O)O[C@@H]2CO[C@@H]1O. The second-order valence-corrected chi connectivity index (χ2v) is 5.63. The fourth-order valence-electron chi connectivity index (χ4n) is 3.24. The highest BCUT2D eigenvalue weighted by Crippen LogP contribution is 2.50. The summed E-state index contributed by atoms with van der Waals surface area (Å²) in [5.41, 5.74) is 0.871. The second kappa shape index (κ2) is 4.53. The summed E-state index contributed by atoms with van der Waals surface area (Å²) in [6, 6.07) is 6.23. The van der Waals surface area contributed by atoms with Crippen molar-refractivity contribution in [3.8, 4) is 5.75 Å². The van der Waals surface area contributed by atoms with E-state index < -0.39 is 36.2 Å². The van der Waals surface area contributed by atoms with E-state index in [9.17, 15) is 20.1 Å². The van der Waals surface area contributed by atoms with Gasteiger partial charge in [0, 0.05) is 0 Å². The molecule has 1 aromatic carbocycles. The number of aromatic hydroxyl groups is 1. The van der Waals surface area contributed by atoms with Gasteiger partial charge in [-0.1, -0.05) is 12.1 Å². The standard InChI is InChI=1S/C15H14O7/c16-8-3-1-7(2-4-8)5-9-11-12(21-13(9)17)10-6-20-14(18)15(11,19)22-10/h1-5,10-12,14,16,18-19H,6H2/t10-,11-,12-,14+,15-/m1/s1. The van der Waals surface area contributed by atoms with Gasteiger partial charge in [0.15, 0.2) is 0 Å². The minimum atomic E-state index is -2.00. The molecule has 3 fully saturated rings. The third kappa shape index (κ3) is 1.80. The van der Waals surface area contributed by atoms with E-state index in [1.54, 1.807) is 18.2 Å². The highest BCUT2D eigenvalue weighted by atomic mass is 16.8. The number of benzene rings is 1. The fraction of sp³-hybridized carbons (Fsp3) is 0.400. The Balaban J connectivity index is 1.76. The van der Waals surface area contributed by atoms with E-state index in [-0.39, 0.29) is 17.9 Å². The minimum Gasteiger partial charge on any atom is -0.508 e. The maximum absolute atomic E-state index is 12.1. The van der Waals surface area contributed by atoms with Crippen LogP contribution in [0.5, 0.6) is 5.75 Å². The summed E-state index contributed by atoms with van der Waals surface area (Å²) < 4.78 is 15.8. The van der Waals surface area contributed by atoms with E-state index >= 15 is 0 Å². The molecule has 0 radical (unpaired) electrons. The first-order valence-electron chi connectivity index (χ1n) is 6.90. The van der Waals surface area contributed by atoms with Crippen LogP contribution in [0.2, 0.25) is 0 Å². The molecule has 3 aliphatic heterocycles. The molecular formula is C15H14O7. The molecule has 7 heteroatoms. The number of carbonyl (C=O) groups is 1. The van der Waals surface area contributed by atoms with Gasteiger partial charge in [-0.15, -0.1) is 0 Å². The average molecular weight is 306 g/mol. The molecule has 4 rings (SSSR count). The molecule has 5 atom stereocenters. The molecule has 7 nitrogen and oxygen atoms in total. The Bertz CT molecular complexity index is 652. The fourth-order valence-corrected chi connectivity index (χ4v) is 3.24. The van der Waals surface area contributed by atoms with Crippen LogP contribution in [0.3, 0.4) is 0 Å². The van der Waals surface area contributed by atoms with Crippen molar-refractivity contribution >= 4 is 12.0 Å². The van der Waals surface area contributed by atoms with Gasteiger partial charge in [-0.2, -0.15) is 0 Å². The largest absolute Gasteiger partial charge is 0.508 e. The number of hydrogen-bond donors (Lipinski definition) is 3. The van der Waals surface area contributed by atoms with Crippen LogP contribution in [-0.4, -0.2) is 52.2 Å². The molecular weight excluding hydrogens is 292 g/mol. The summed E-state index contributed by atoms with van der Waals surface area (Å²) in [6.45, 7) is 0.0460. The summed E-state index contributed by atoms with van der Waals surface area (Å²) in [5, 5.41) is 29.7. The topological polar surface area (TPSA) is 105 Å². The molecule has 2 bridgehead atoms. The van der Waals surface area contributed by atoms with E-state index in [2.05, 4.69) is 0 Å². The molecule has 0 amide bonds. The van der Waals surface area contributed by atoms with Crippen molar-refractivity contribution < 1.29 is 34.3 Å². The Morgan fingerprint density at radius 2 is 2.00 bits per heavy atom. The van der Waals surface area contributed by atoms with Gasteiger partial charge in [0.05, 0.1) is 18.1 Å². The molecule has 22 heavy (non-hydrogen) atoms. The summed E-state index contributed by atoms with van der Waals surface area (Å²) in [5.74, 6) is -3.26. The first-order valence-corrected chi connectivity index (χ1v) is 6.90. The molecule has 3 heterocycles. The number of hydrogen-bond acceptors (Lipinski definition) is 7. The molecule has 1 aromatic rings. The number of ether oxygens (including phenoxy) is 3. The van der Waals surface area contributed by atoms with Crippen molar-refractivity contribution in [3.63, 3.8) is 0 Å². The van der Waals surface area contributed by atoms with Crippen molar-refractivity contribution in [1.29, 1.82) is 0 Å². The molecule has 116 valence electrons. The Hall–Kier alpha value is -1.93. The summed E-state index contributed by atoms with van der Waals surface area (Å²) in [7, 11) is 0. The highest BCUT2D eigenvalue weighted by molar-refractivity contribution is 5.97. The van der Waals surface area contributed by atoms with E-state index in [1.165, 1.54) is 12.1 Å². The predicted octanol–water partition coefficient (Wildman–Crippen LogP) is -0.247. The first kappa shape index (κ1) is 13.7. The number of phenols is 1. The lowest BCUT2D eigenvalue weighted by molar-refractivity contribution is -0.361. The van der Waals surface area contributed by atoms with Gasteiger partial charge in [-0.05, 0) is 23.8 Å². The average Bonchev–Trinajstić information content (AvgIpc) is 2.93. The van der Waals surface area contributed by atoms with Crippen LogP contribution in [0, 0.1) is 5.92 Å². The monoisotopic (exact) mass is 306 g/mol. The smallest absolute Gasteiger partial charge is 0.335 e. The van der Waals surface area contributed by atoms with Gasteiger partial charge in [0.25, 0.3) is 0 Å². The zero-order chi connectivity index (χ0) is 15.5. The van der Waals surface area contributed by atoms with E-state index in [0.717, 1.165) is 0 Å². The van der Waals surface area contributed by atoms with Crippen molar-refractivity contribution in [2.45, 2.75) is 24.3 Å². The lowest BCUT2D eigenvalue weighted by Crippen LogP contribution is -2.52. The molecule has 0 saturated carbocycles. The Morgan fingerprint density at radius 1 is 1.27 bits per heavy atom. The van der Waals surface area contributed by atoms with Gasteiger partial charge in [0.1, 0.15) is 18.0 Å². The lowest BCUT2D eigenvalue weighted by Gasteiger charge is -2.35. The van der Waals surface area contributed by atoms with E-state index in [4.69, 9.17) is 14.2 Å². The molecule has 0 aliphatic carbocycles. The first-order chi connectivity index (χ1) is 10.5. The van der Waals surface area contributed by atoms with Gasteiger partial charge in [-0.3, -0.25) is 0 Å². The maximum Gasteiger partial charge on any atom is 0.335 e. The lowest BCUT2D eigenvalue weighted by atomic mass is 9.87. The number of carbonyl (C=O) groups excluding carboxylic acids is 1. The van der Waals surface area contributed by atoms with Crippen molar-refractivity contribution in [3.05, 3.63) is 35.4 Å².